The first kappa shape index (κ1) is 18.8. The number of hydrogen-bond acceptors (Lipinski definition) is 5. The highest BCUT2D eigenvalue weighted by Crippen LogP contribution is 2.41. The molecule has 6 heteroatoms. The van der Waals surface area contributed by atoms with Gasteiger partial charge < -0.3 is 4.52 Å². The van der Waals surface area contributed by atoms with Gasteiger partial charge in [0.05, 0.1) is 21.9 Å². The molecule has 2 aliphatic rings. The van der Waals surface area contributed by atoms with E-state index in [4.69, 9.17) is 9.51 Å². The van der Waals surface area contributed by atoms with Crippen LogP contribution in [0.4, 0.5) is 0 Å². The summed E-state index contributed by atoms with van der Waals surface area (Å²) in [6, 6.07) is 7.75. The van der Waals surface area contributed by atoms with Crippen LogP contribution in [-0.4, -0.2) is 24.3 Å². The van der Waals surface area contributed by atoms with Gasteiger partial charge in [0.25, 0.3) is 0 Å². The number of aromatic nitrogens is 2. The predicted molar refractivity (Wildman–Crippen MR) is 113 cm³/mol. The molecule has 5 rings (SSSR count). The van der Waals surface area contributed by atoms with E-state index in [1.54, 1.807) is 6.07 Å². The Labute approximate surface area is 171 Å². The maximum Gasteiger partial charge on any atom is 0.179 e. The van der Waals surface area contributed by atoms with Crippen LogP contribution in [-0.2, 0) is 9.84 Å². The summed E-state index contributed by atoms with van der Waals surface area (Å²) < 4.78 is 32.3. The minimum Gasteiger partial charge on any atom is -0.361 e. The van der Waals surface area contributed by atoms with Crippen LogP contribution in [0.15, 0.2) is 33.7 Å². The molecule has 2 saturated carbocycles. The van der Waals surface area contributed by atoms with Crippen molar-refractivity contribution in [2.24, 2.45) is 5.92 Å². The van der Waals surface area contributed by atoms with E-state index in [0.717, 1.165) is 71.9 Å². The second-order valence-electron chi connectivity index (χ2n) is 8.68. The van der Waals surface area contributed by atoms with E-state index < -0.39 is 9.84 Å². The first-order chi connectivity index (χ1) is 13.9. The third kappa shape index (κ3) is 3.48. The lowest BCUT2D eigenvalue weighted by Gasteiger charge is -2.14. The molecule has 0 atom stereocenters. The lowest BCUT2D eigenvalue weighted by Crippen LogP contribution is -2.15. The highest BCUT2D eigenvalue weighted by molar-refractivity contribution is 7.91. The van der Waals surface area contributed by atoms with Crippen LogP contribution < -0.4 is 0 Å². The highest BCUT2D eigenvalue weighted by Gasteiger charge is 2.29. The molecule has 2 aromatic heterocycles. The third-order valence-electron chi connectivity index (χ3n) is 6.37. The number of pyridine rings is 1. The van der Waals surface area contributed by atoms with Gasteiger partial charge in [0, 0.05) is 22.6 Å². The Kier molecular flexibility index (Phi) is 4.50. The van der Waals surface area contributed by atoms with Crippen molar-refractivity contribution < 1.29 is 12.9 Å². The average Bonchev–Trinajstić information content (AvgIpc) is 3.33. The number of rotatable bonds is 5. The molecular formula is C23H26N2O3S. The van der Waals surface area contributed by atoms with Gasteiger partial charge in [0.1, 0.15) is 5.76 Å². The molecule has 2 heterocycles. The maximum absolute atomic E-state index is 13.5. The molecule has 0 unspecified atom stereocenters. The van der Waals surface area contributed by atoms with Gasteiger partial charge in [-0.05, 0) is 75.3 Å². The Bertz CT molecular complexity index is 1170. The highest BCUT2D eigenvalue weighted by atomic mass is 32.2. The summed E-state index contributed by atoms with van der Waals surface area (Å²) >= 11 is 0. The lowest BCUT2D eigenvalue weighted by molar-refractivity contribution is 0.393. The molecule has 0 aliphatic heterocycles. The Balaban J connectivity index is 1.70. The summed E-state index contributed by atoms with van der Waals surface area (Å²) in [4.78, 5) is 5.25. The van der Waals surface area contributed by atoms with Crippen molar-refractivity contribution in [3.05, 3.63) is 41.4 Å². The van der Waals surface area contributed by atoms with Crippen molar-refractivity contribution in [3.63, 3.8) is 0 Å². The van der Waals surface area contributed by atoms with E-state index in [1.165, 1.54) is 0 Å². The Hall–Kier alpha value is -2.21. The molecule has 3 aromatic rings. The molecule has 5 nitrogen and oxygen atoms in total. The topological polar surface area (TPSA) is 73.1 Å². The van der Waals surface area contributed by atoms with Gasteiger partial charge >= 0.3 is 0 Å². The first-order valence-corrected chi connectivity index (χ1v) is 12.2. The summed E-state index contributed by atoms with van der Waals surface area (Å²) in [5, 5.41) is 4.78. The molecule has 0 bridgehead atoms. The fraction of sp³-hybridized carbons (Fsp3) is 0.478. The van der Waals surface area contributed by atoms with E-state index in [-0.39, 0.29) is 11.7 Å². The molecular weight excluding hydrogens is 384 g/mol. The molecule has 0 amide bonds. The van der Waals surface area contributed by atoms with Crippen molar-refractivity contribution in [2.45, 2.75) is 63.2 Å². The van der Waals surface area contributed by atoms with Crippen molar-refractivity contribution in [1.29, 1.82) is 0 Å². The summed E-state index contributed by atoms with van der Waals surface area (Å²) in [6.45, 7) is 3.75. The Morgan fingerprint density at radius 3 is 2.48 bits per heavy atom. The second kappa shape index (κ2) is 6.94. The largest absolute Gasteiger partial charge is 0.361 e. The zero-order valence-corrected chi connectivity index (χ0v) is 17.8. The minimum absolute atomic E-state index is 0.220. The number of hydrogen-bond donors (Lipinski definition) is 0. The van der Waals surface area contributed by atoms with Gasteiger partial charge in [0.15, 0.2) is 9.84 Å². The molecule has 0 saturated heterocycles. The lowest BCUT2D eigenvalue weighted by atomic mass is 10.0. The third-order valence-corrected chi connectivity index (χ3v) is 8.29. The predicted octanol–water partition coefficient (Wildman–Crippen LogP) is 5.35. The van der Waals surface area contributed by atoms with Gasteiger partial charge in [-0.15, -0.1) is 0 Å². The Morgan fingerprint density at radius 1 is 1.07 bits per heavy atom. The number of aryl methyl sites for hydroxylation is 2. The fourth-order valence-electron chi connectivity index (χ4n) is 4.70. The van der Waals surface area contributed by atoms with Gasteiger partial charge in [-0.2, -0.15) is 0 Å². The number of nitrogens with zero attached hydrogens (tertiary/aromatic N) is 2. The minimum atomic E-state index is -3.42. The van der Waals surface area contributed by atoms with Crippen molar-refractivity contribution in [3.8, 4) is 11.1 Å². The summed E-state index contributed by atoms with van der Waals surface area (Å²) in [5.74, 6) is 1.69. The maximum atomic E-state index is 13.5. The van der Waals surface area contributed by atoms with Gasteiger partial charge in [0.2, 0.25) is 0 Å². The van der Waals surface area contributed by atoms with Crippen molar-refractivity contribution >= 4 is 20.7 Å². The van der Waals surface area contributed by atoms with E-state index in [2.05, 4.69) is 5.16 Å². The van der Waals surface area contributed by atoms with Crippen molar-refractivity contribution in [2.75, 3.05) is 5.75 Å². The number of fused-ring (bicyclic) bond motifs is 1. The number of sulfone groups is 1. The van der Waals surface area contributed by atoms with Gasteiger partial charge in [-0.1, -0.05) is 18.0 Å². The van der Waals surface area contributed by atoms with E-state index in [0.29, 0.717) is 16.6 Å². The van der Waals surface area contributed by atoms with Crippen molar-refractivity contribution in [1.82, 2.24) is 10.1 Å². The quantitative estimate of drug-likeness (QED) is 0.567. The molecule has 2 aliphatic carbocycles. The van der Waals surface area contributed by atoms with Crippen LogP contribution in [0.2, 0.25) is 0 Å². The SMILES string of the molecule is Cc1noc(C)c1-c1cc(S(=O)(=O)CC2CCCC2)c2ccc(C3CC3)nc2c1. The van der Waals surface area contributed by atoms with E-state index in [1.807, 2.05) is 32.0 Å². The summed E-state index contributed by atoms with van der Waals surface area (Å²) in [5.41, 5.74) is 4.26. The fourth-order valence-corrected chi connectivity index (χ4v) is 6.65. The van der Waals surface area contributed by atoms with Gasteiger partial charge in [-0.3, -0.25) is 4.98 Å². The van der Waals surface area contributed by atoms with Crippen LogP contribution in [0.5, 0.6) is 0 Å². The summed E-state index contributed by atoms with van der Waals surface area (Å²) in [6.07, 6.45) is 6.60. The number of benzene rings is 1. The smallest absolute Gasteiger partial charge is 0.179 e. The molecule has 152 valence electrons. The van der Waals surface area contributed by atoms with Gasteiger partial charge in [-0.25, -0.2) is 8.42 Å². The van der Waals surface area contributed by atoms with Crippen LogP contribution in [0.25, 0.3) is 22.0 Å². The molecule has 0 spiro atoms. The molecule has 1 aromatic carbocycles. The molecule has 0 radical (unpaired) electrons. The molecule has 0 N–H and O–H groups in total. The van der Waals surface area contributed by atoms with Crippen LogP contribution in [0.3, 0.4) is 0 Å². The standard InChI is InChI=1S/C23H26N2O3S/c1-14-23(15(2)28-25-14)18-11-21-19(9-10-20(24-21)17-7-8-17)22(12-18)29(26,27)13-16-5-3-4-6-16/h9-12,16-17H,3-8,13H2,1-2H3. The zero-order chi connectivity index (χ0) is 20.2. The van der Waals surface area contributed by atoms with Crippen LogP contribution in [0, 0.1) is 19.8 Å². The Morgan fingerprint density at radius 2 is 1.83 bits per heavy atom. The first-order valence-electron chi connectivity index (χ1n) is 10.5. The molecule has 2 fully saturated rings. The average molecular weight is 411 g/mol. The molecule has 29 heavy (non-hydrogen) atoms. The van der Waals surface area contributed by atoms with E-state index >= 15 is 0 Å². The monoisotopic (exact) mass is 410 g/mol. The second-order valence-corrected chi connectivity index (χ2v) is 10.7. The normalized spacial score (nSPS) is 18.0. The zero-order valence-electron chi connectivity index (χ0n) is 16.9. The summed E-state index contributed by atoms with van der Waals surface area (Å²) in [7, 11) is -3.42. The van der Waals surface area contributed by atoms with Crippen LogP contribution >= 0.6 is 0 Å². The van der Waals surface area contributed by atoms with Crippen LogP contribution in [0.1, 0.15) is 61.6 Å². The van der Waals surface area contributed by atoms with E-state index in [9.17, 15) is 8.42 Å².